The molecular weight excluding hydrogens is 744 g/mol. The molecule has 0 spiro atoms. The number of rotatable bonds is 7. The van der Waals surface area contributed by atoms with E-state index in [1.54, 1.807) is 0 Å². The highest BCUT2D eigenvalue weighted by atomic mass is 16.7. The molecule has 0 radical (unpaired) electrons. The Morgan fingerprint density at radius 2 is 1.42 bits per heavy atom. The summed E-state index contributed by atoms with van der Waals surface area (Å²) in [7, 11) is 0. The van der Waals surface area contributed by atoms with Crippen molar-refractivity contribution in [1.29, 1.82) is 0 Å². The highest BCUT2D eigenvalue weighted by Crippen LogP contribution is 2.76. The maximum Gasteiger partial charge on any atom is 0.335 e. The van der Waals surface area contributed by atoms with Crippen LogP contribution in [-0.4, -0.2) is 138 Å². The number of aliphatic carboxylic acids is 2. The number of aliphatic hydroxyl groups excluding tert-OH is 7. The van der Waals surface area contributed by atoms with Crippen molar-refractivity contribution in [3.8, 4) is 0 Å². The third-order valence-electron chi connectivity index (χ3n) is 17.2. The Labute approximate surface area is 334 Å². The van der Waals surface area contributed by atoms with Crippen molar-refractivity contribution in [2.75, 3.05) is 6.61 Å². The molecule has 6 fully saturated rings. The van der Waals surface area contributed by atoms with Gasteiger partial charge in [-0.2, -0.15) is 0 Å². The number of carboxylic acids is 2. The zero-order chi connectivity index (χ0) is 42.0. The van der Waals surface area contributed by atoms with Gasteiger partial charge in [-0.15, -0.1) is 0 Å². The van der Waals surface area contributed by atoms with Crippen molar-refractivity contribution < 1.29 is 74.5 Å². The van der Waals surface area contributed by atoms with Crippen molar-refractivity contribution in [3.05, 3.63) is 11.6 Å². The number of fused-ring (bicyclic) bond motifs is 7. The largest absolute Gasteiger partial charge is 0.481 e. The van der Waals surface area contributed by atoms with E-state index in [-0.39, 0.29) is 34.0 Å². The molecule has 15 nitrogen and oxygen atoms in total. The van der Waals surface area contributed by atoms with E-state index in [2.05, 4.69) is 54.5 Å². The number of carboxylic acid groups (broad SMARTS) is 2. The summed E-state index contributed by atoms with van der Waals surface area (Å²) in [5.74, 6) is -2.37. The first-order valence-electron chi connectivity index (χ1n) is 20.9. The van der Waals surface area contributed by atoms with Gasteiger partial charge in [0.2, 0.25) is 0 Å². The van der Waals surface area contributed by atoms with Crippen molar-refractivity contribution in [3.63, 3.8) is 0 Å². The minimum atomic E-state index is -1.95. The molecule has 0 amide bonds. The monoisotopic (exact) mass is 810 g/mol. The van der Waals surface area contributed by atoms with Crippen molar-refractivity contribution in [2.24, 2.45) is 50.2 Å². The number of ether oxygens (including phenoxy) is 4. The van der Waals surface area contributed by atoms with Crippen LogP contribution in [-0.2, 0) is 28.5 Å². The van der Waals surface area contributed by atoms with Gasteiger partial charge in [0.15, 0.2) is 18.7 Å². The average Bonchev–Trinajstić information content (AvgIpc) is 3.11. The van der Waals surface area contributed by atoms with Crippen molar-refractivity contribution in [2.45, 2.75) is 180 Å². The van der Waals surface area contributed by atoms with Crippen LogP contribution in [0.3, 0.4) is 0 Å². The molecule has 0 aromatic heterocycles. The molecule has 0 bridgehead atoms. The quantitative estimate of drug-likeness (QED) is 0.132. The van der Waals surface area contributed by atoms with Gasteiger partial charge in [0.25, 0.3) is 0 Å². The number of carbonyl (C=O) groups is 2. The van der Waals surface area contributed by atoms with Crippen LogP contribution in [0.1, 0.15) is 106 Å². The van der Waals surface area contributed by atoms with Gasteiger partial charge >= 0.3 is 11.9 Å². The fourth-order valence-electron chi connectivity index (χ4n) is 13.8. The molecule has 7 rings (SSSR count). The predicted molar refractivity (Wildman–Crippen MR) is 200 cm³/mol. The molecule has 0 aromatic rings. The Morgan fingerprint density at radius 3 is 2.05 bits per heavy atom. The van der Waals surface area contributed by atoms with E-state index in [1.807, 2.05) is 0 Å². The highest BCUT2D eigenvalue weighted by Gasteiger charge is 2.71. The minimum Gasteiger partial charge on any atom is -0.481 e. The summed E-state index contributed by atoms with van der Waals surface area (Å²) in [6, 6.07) is 0. The molecule has 0 aromatic carbocycles. The lowest BCUT2D eigenvalue weighted by molar-refractivity contribution is -0.365. The van der Waals surface area contributed by atoms with Crippen LogP contribution in [0.15, 0.2) is 11.6 Å². The summed E-state index contributed by atoms with van der Waals surface area (Å²) in [4.78, 5) is 25.4. The summed E-state index contributed by atoms with van der Waals surface area (Å²) < 4.78 is 23.4. The lowest BCUT2D eigenvalue weighted by Gasteiger charge is -2.71. The van der Waals surface area contributed by atoms with Gasteiger partial charge in [0.1, 0.15) is 48.1 Å². The summed E-state index contributed by atoms with van der Waals surface area (Å²) >= 11 is 0. The Hall–Kier alpha value is -1.76. The van der Waals surface area contributed by atoms with Crippen LogP contribution in [0, 0.1) is 50.2 Å². The lowest BCUT2D eigenvalue weighted by Crippen LogP contribution is -2.68. The maximum absolute atomic E-state index is 13.1. The molecule has 324 valence electrons. The van der Waals surface area contributed by atoms with Crippen LogP contribution in [0.4, 0.5) is 0 Å². The van der Waals surface area contributed by atoms with Crippen molar-refractivity contribution >= 4 is 11.9 Å². The van der Waals surface area contributed by atoms with Gasteiger partial charge in [-0.25, -0.2) is 4.79 Å². The molecule has 57 heavy (non-hydrogen) atoms. The summed E-state index contributed by atoms with van der Waals surface area (Å²) in [6.07, 6.45) is -10.5. The molecule has 2 heterocycles. The minimum absolute atomic E-state index is 0.0451. The van der Waals surface area contributed by atoms with E-state index < -0.39 is 108 Å². The first-order valence-corrected chi connectivity index (χ1v) is 20.9. The van der Waals surface area contributed by atoms with Gasteiger partial charge in [0, 0.05) is 0 Å². The standard InChI is InChI=1S/C42H66O15/c1-37(2)14-15-42(36(52)53)20(16-37)19-8-9-23-39(5)12-11-25(38(3,4)22(39)10-13-40(23,6)41(19,7)17-24(42)44)55-35-30(49)31(29(48)32(57-35)33(50)51)56-34-28(47)27(46)26(45)21(18-43)54-34/h8,20-32,34-35,43-49H,9-18H2,1-7H3,(H,50,51)(H,52,53)/t20-,21+,22-,23+,24+,25-,26+,27-,28+,29-,30+,31-,32-,34-,35+,39-,40+,41+,42+/m0/s1. The van der Waals surface area contributed by atoms with Crippen molar-refractivity contribution in [1.82, 2.24) is 0 Å². The van der Waals surface area contributed by atoms with Crippen LogP contribution < -0.4 is 0 Å². The molecule has 5 aliphatic carbocycles. The molecular formula is C42H66O15. The average molecular weight is 811 g/mol. The van der Waals surface area contributed by atoms with Gasteiger partial charge < -0.3 is 64.9 Å². The van der Waals surface area contributed by atoms with Crippen LogP contribution in [0.5, 0.6) is 0 Å². The second-order valence-electron chi connectivity index (χ2n) is 20.8. The topological polar surface area (TPSA) is 253 Å². The fourth-order valence-corrected chi connectivity index (χ4v) is 13.8. The van der Waals surface area contributed by atoms with E-state index in [4.69, 9.17) is 18.9 Å². The molecule has 0 unspecified atom stereocenters. The molecule has 2 saturated heterocycles. The highest BCUT2D eigenvalue weighted by molar-refractivity contribution is 5.77. The SMILES string of the molecule is CC1(C)CC[C@]2(C(=O)O)[C@H](O)C[C@]3(C)C(=CC[C@@H]4[C@@]5(C)CC[C@H](O[C@@H]6O[C@H](C(=O)O)[C@@H](O)[C@H](O[C@@H]7O[C@H](CO)[C@@H](O)[C@H](O)[C@H]7O)[C@H]6O)C(C)(C)[C@@H]5CC[C@]43C)[C@@H]2C1. The first kappa shape index (κ1) is 43.3. The zero-order valence-corrected chi connectivity index (χ0v) is 34.3. The lowest BCUT2D eigenvalue weighted by atomic mass is 9.33. The van der Waals surface area contributed by atoms with Gasteiger partial charge in [-0.1, -0.05) is 60.1 Å². The van der Waals surface area contributed by atoms with Gasteiger partial charge in [0.05, 0.1) is 18.8 Å². The molecule has 2 aliphatic heterocycles. The maximum atomic E-state index is 13.1. The number of hydrogen-bond acceptors (Lipinski definition) is 13. The first-order chi connectivity index (χ1) is 26.4. The second-order valence-corrected chi connectivity index (χ2v) is 20.8. The molecule has 9 N–H and O–H groups in total. The van der Waals surface area contributed by atoms with E-state index in [1.165, 1.54) is 5.57 Å². The Morgan fingerprint density at radius 1 is 0.754 bits per heavy atom. The van der Waals surface area contributed by atoms with Crippen LogP contribution in [0.2, 0.25) is 0 Å². The number of allylic oxidation sites excluding steroid dienone is 2. The second kappa shape index (κ2) is 14.4. The fraction of sp³-hybridized carbons (Fsp3) is 0.905. The van der Waals surface area contributed by atoms with Crippen LogP contribution in [0.25, 0.3) is 0 Å². The normalized spacial score (nSPS) is 52.9. The van der Waals surface area contributed by atoms with E-state index in [0.29, 0.717) is 25.7 Å². The Bertz CT molecular complexity index is 1600. The smallest absolute Gasteiger partial charge is 0.335 e. The molecule has 19 atom stereocenters. The predicted octanol–water partition coefficient (Wildman–Crippen LogP) is 1.95. The number of aliphatic hydroxyl groups is 7. The zero-order valence-electron chi connectivity index (χ0n) is 34.3. The van der Waals surface area contributed by atoms with E-state index >= 15 is 0 Å². The Kier molecular flexibility index (Phi) is 11.0. The summed E-state index contributed by atoms with van der Waals surface area (Å²) in [5, 5.41) is 96.1. The van der Waals surface area contributed by atoms with Gasteiger partial charge in [-0.3, -0.25) is 4.79 Å². The molecule has 15 heteroatoms. The van der Waals surface area contributed by atoms with Crippen LogP contribution >= 0.6 is 0 Å². The summed E-state index contributed by atoms with van der Waals surface area (Å²) in [5.41, 5.74) is -1.40. The third-order valence-corrected chi connectivity index (χ3v) is 17.2. The summed E-state index contributed by atoms with van der Waals surface area (Å²) in [6.45, 7) is 14.9. The van der Waals surface area contributed by atoms with E-state index in [0.717, 1.165) is 32.1 Å². The third kappa shape index (κ3) is 6.30. The Balaban J connectivity index is 1.14. The van der Waals surface area contributed by atoms with Gasteiger partial charge in [-0.05, 0) is 103 Å². The molecule has 4 saturated carbocycles. The number of hydrogen-bond donors (Lipinski definition) is 9. The molecule has 7 aliphatic rings. The van der Waals surface area contributed by atoms with E-state index in [9.17, 15) is 55.5 Å².